The molecule has 1 aliphatic carbocycles. The third kappa shape index (κ3) is 4.12. The number of nitrogens with zero attached hydrogens (tertiary/aromatic N) is 2. The first-order chi connectivity index (χ1) is 9.02. The number of primary amides is 1. The van der Waals surface area contributed by atoms with Crippen LogP contribution in [0.1, 0.15) is 26.7 Å². The molecule has 0 aromatic carbocycles. The summed E-state index contributed by atoms with van der Waals surface area (Å²) in [4.78, 5) is 10.8. The summed E-state index contributed by atoms with van der Waals surface area (Å²) in [5.74, 6) is 0.953. The van der Waals surface area contributed by atoms with Gasteiger partial charge in [0.25, 0.3) is 0 Å². The van der Waals surface area contributed by atoms with E-state index in [1.165, 1.54) is 12.0 Å². The second-order valence-corrected chi connectivity index (χ2v) is 5.57. The molecule has 2 atom stereocenters. The van der Waals surface area contributed by atoms with E-state index in [4.69, 9.17) is 5.73 Å². The van der Waals surface area contributed by atoms with E-state index in [1.54, 1.807) is 10.9 Å². The third-order valence-electron chi connectivity index (χ3n) is 3.43. The Kier molecular flexibility index (Phi) is 4.24. The van der Waals surface area contributed by atoms with Gasteiger partial charge < -0.3 is 11.1 Å². The van der Waals surface area contributed by atoms with E-state index in [1.807, 2.05) is 6.20 Å². The van der Waals surface area contributed by atoms with E-state index >= 15 is 0 Å². The maximum atomic E-state index is 10.8. The standard InChI is InChI=1S/C14H22N4O/c1-10-3-11(2)5-12(4-10)6-16-13-7-17-18(8-13)9-14(15)19/h3,7-8,10,12,16H,4-6,9H2,1-2H3,(H2,15,19). The van der Waals surface area contributed by atoms with E-state index in [0.717, 1.165) is 18.7 Å². The van der Waals surface area contributed by atoms with E-state index < -0.39 is 0 Å². The van der Waals surface area contributed by atoms with Crippen LogP contribution in [0.15, 0.2) is 24.0 Å². The summed E-state index contributed by atoms with van der Waals surface area (Å²) >= 11 is 0. The average molecular weight is 262 g/mol. The number of nitrogens with one attached hydrogen (secondary N) is 1. The molecule has 104 valence electrons. The first-order valence-electron chi connectivity index (χ1n) is 6.75. The van der Waals surface area contributed by atoms with Crippen molar-refractivity contribution in [2.24, 2.45) is 17.6 Å². The van der Waals surface area contributed by atoms with Crippen LogP contribution in [-0.2, 0) is 11.3 Å². The molecule has 1 aromatic rings. The van der Waals surface area contributed by atoms with E-state index in [2.05, 4.69) is 30.3 Å². The molecule has 1 amide bonds. The van der Waals surface area contributed by atoms with Crippen LogP contribution in [0.2, 0.25) is 0 Å². The Morgan fingerprint density at radius 2 is 2.42 bits per heavy atom. The zero-order valence-corrected chi connectivity index (χ0v) is 11.6. The summed E-state index contributed by atoms with van der Waals surface area (Å²) in [5, 5.41) is 7.48. The van der Waals surface area contributed by atoms with E-state index in [-0.39, 0.29) is 12.5 Å². The summed E-state index contributed by atoms with van der Waals surface area (Å²) < 4.78 is 1.55. The van der Waals surface area contributed by atoms with Crippen LogP contribution in [0.5, 0.6) is 0 Å². The van der Waals surface area contributed by atoms with Crippen molar-refractivity contribution in [2.45, 2.75) is 33.2 Å². The minimum Gasteiger partial charge on any atom is -0.382 e. The van der Waals surface area contributed by atoms with Gasteiger partial charge in [0.15, 0.2) is 0 Å². The number of aromatic nitrogens is 2. The van der Waals surface area contributed by atoms with Gasteiger partial charge in [-0.2, -0.15) is 5.10 Å². The van der Waals surface area contributed by atoms with Crippen LogP contribution in [0, 0.1) is 11.8 Å². The number of allylic oxidation sites excluding steroid dienone is 2. The highest BCUT2D eigenvalue weighted by Crippen LogP contribution is 2.27. The molecule has 0 aliphatic heterocycles. The fraction of sp³-hybridized carbons (Fsp3) is 0.571. The molecule has 3 N–H and O–H groups in total. The summed E-state index contributed by atoms with van der Waals surface area (Å²) in [7, 11) is 0. The zero-order chi connectivity index (χ0) is 13.8. The van der Waals surface area contributed by atoms with Crippen molar-refractivity contribution >= 4 is 11.6 Å². The Morgan fingerprint density at radius 3 is 3.11 bits per heavy atom. The van der Waals surface area contributed by atoms with Crippen LogP contribution in [0.3, 0.4) is 0 Å². The molecule has 5 nitrogen and oxygen atoms in total. The highest BCUT2D eigenvalue weighted by Gasteiger charge is 2.17. The van der Waals surface area contributed by atoms with Crippen molar-refractivity contribution in [1.29, 1.82) is 0 Å². The summed E-state index contributed by atoms with van der Waals surface area (Å²) in [6.45, 7) is 5.54. The van der Waals surface area contributed by atoms with Crippen molar-refractivity contribution in [2.75, 3.05) is 11.9 Å². The lowest BCUT2D eigenvalue weighted by molar-refractivity contribution is -0.118. The lowest BCUT2D eigenvalue weighted by atomic mass is 9.84. The predicted octanol–water partition coefficient (Wildman–Crippen LogP) is 1.77. The molecule has 0 saturated heterocycles. The van der Waals surface area contributed by atoms with Crippen molar-refractivity contribution in [3.63, 3.8) is 0 Å². The number of anilines is 1. The lowest BCUT2D eigenvalue weighted by Crippen LogP contribution is -2.20. The van der Waals surface area contributed by atoms with Gasteiger partial charge in [-0.05, 0) is 31.6 Å². The van der Waals surface area contributed by atoms with Gasteiger partial charge in [-0.25, -0.2) is 0 Å². The first-order valence-corrected chi connectivity index (χ1v) is 6.75. The summed E-state index contributed by atoms with van der Waals surface area (Å²) in [6, 6.07) is 0. The van der Waals surface area contributed by atoms with Gasteiger partial charge in [0.2, 0.25) is 5.91 Å². The fourth-order valence-corrected chi connectivity index (χ4v) is 2.80. The van der Waals surface area contributed by atoms with Gasteiger partial charge in [-0.3, -0.25) is 9.48 Å². The molecule has 0 fully saturated rings. The Bertz CT molecular complexity index is 478. The number of amides is 1. The normalized spacial score (nSPS) is 22.9. The molecule has 1 heterocycles. The zero-order valence-electron chi connectivity index (χ0n) is 11.6. The van der Waals surface area contributed by atoms with Crippen molar-refractivity contribution < 1.29 is 4.79 Å². The summed E-state index contributed by atoms with van der Waals surface area (Å²) in [5.41, 5.74) is 7.56. The topological polar surface area (TPSA) is 72.9 Å². The molecule has 1 aromatic heterocycles. The van der Waals surface area contributed by atoms with Crippen molar-refractivity contribution in [3.05, 3.63) is 24.0 Å². The maximum Gasteiger partial charge on any atom is 0.239 e. The quantitative estimate of drug-likeness (QED) is 0.794. The van der Waals surface area contributed by atoms with Gasteiger partial charge in [-0.15, -0.1) is 0 Å². The highest BCUT2D eigenvalue weighted by molar-refractivity contribution is 5.73. The Labute approximate surface area is 113 Å². The van der Waals surface area contributed by atoms with E-state index in [9.17, 15) is 4.79 Å². The van der Waals surface area contributed by atoms with Crippen LogP contribution in [0.25, 0.3) is 0 Å². The molecule has 5 heteroatoms. The Hall–Kier alpha value is -1.78. The number of nitrogens with two attached hydrogens (primary N) is 1. The third-order valence-corrected chi connectivity index (χ3v) is 3.43. The molecule has 2 unspecified atom stereocenters. The Morgan fingerprint density at radius 1 is 1.63 bits per heavy atom. The average Bonchev–Trinajstić information content (AvgIpc) is 2.72. The van der Waals surface area contributed by atoms with Crippen LogP contribution in [0.4, 0.5) is 5.69 Å². The van der Waals surface area contributed by atoms with Crippen molar-refractivity contribution in [3.8, 4) is 0 Å². The highest BCUT2D eigenvalue weighted by atomic mass is 16.1. The van der Waals surface area contributed by atoms with Crippen molar-refractivity contribution in [1.82, 2.24) is 9.78 Å². The molecule has 0 bridgehead atoms. The number of carbonyl (C=O) groups excluding carboxylic acids is 1. The smallest absolute Gasteiger partial charge is 0.239 e. The van der Waals surface area contributed by atoms with Crippen LogP contribution >= 0.6 is 0 Å². The molecule has 0 saturated carbocycles. The Balaban J connectivity index is 1.84. The number of carbonyl (C=O) groups is 1. The van der Waals surface area contributed by atoms with Gasteiger partial charge in [0, 0.05) is 12.7 Å². The second kappa shape index (κ2) is 5.91. The molecular weight excluding hydrogens is 240 g/mol. The molecule has 0 spiro atoms. The fourth-order valence-electron chi connectivity index (χ4n) is 2.80. The van der Waals surface area contributed by atoms with Gasteiger partial charge in [0.05, 0.1) is 11.9 Å². The second-order valence-electron chi connectivity index (χ2n) is 5.57. The lowest BCUT2D eigenvalue weighted by Gasteiger charge is -2.25. The molecule has 2 rings (SSSR count). The van der Waals surface area contributed by atoms with Gasteiger partial charge in [-0.1, -0.05) is 18.6 Å². The van der Waals surface area contributed by atoms with Crippen LogP contribution in [-0.4, -0.2) is 22.2 Å². The predicted molar refractivity (Wildman–Crippen MR) is 75.6 cm³/mol. The van der Waals surface area contributed by atoms with Gasteiger partial charge >= 0.3 is 0 Å². The number of rotatable bonds is 5. The van der Waals surface area contributed by atoms with Gasteiger partial charge in [0.1, 0.15) is 6.54 Å². The first kappa shape index (κ1) is 13.6. The van der Waals surface area contributed by atoms with E-state index in [0.29, 0.717) is 11.8 Å². The molecule has 19 heavy (non-hydrogen) atoms. The maximum absolute atomic E-state index is 10.8. The summed E-state index contributed by atoms with van der Waals surface area (Å²) in [6.07, 6.45) is 8.30. The molecule has 0 radical (unpaired) electrons. The monoisotopic (exact) mass is 262 g/mol. The number of hydrogen-bond acceptors (Lipinski definition) is 3. The SMILES string of the molecule is CC1=CC(C)CC(CNc2cnn(CC(N)=O)c2)C1. The number of hydrogen-bond donors (Lipinski definition) is 2. The largest absolute Gasteiger partial charge is 0.382 e. The minimum absolute atomic E-state index is 0.129. The molecule has 1 aliphatic rings. The molecular formula is C14H22N4O. The van der Waals surface area contributed by atoms with Crippen LogP contribution < -0.4 is 11.1 Å². The minimum atomic E-state index is -0.378.